The van der Waals surface area contributed by atoms with Crippen LogP contribution >= 0.6 is 0 Å². The third kappa shape index (κ3) is 2.31. The summed E-state index contributed by atoms with van der Waals surface area (Å²) in [5.41, 5.74) is -5.09. The van der Waals surface area contributed by atoms with Gasteiger partial charge in [-0.05, 0) is 6.07 Å². The number of aromatic nitrogens is 1. The first-order chi connectivity index (χ1) is 6.73. The Bertz CT molecular complexity index is 420. The summed E-state index contributed by atoms with van der Waals surface area (Å²) in [5.74, 6) is -1.90. The third-order valence-electron chi connectivity index (χ3n) is 1.54. The highest BCUT2D eigenvalue weighted by Crippen LogP contribution is 2.30. The van der Waals surface area contributed by atoms with E-state index in [1.54, 1.807) is 0 Å². The van der Waals surface area contributed by atoms with Crippen molar-refractivity contribution in [1.29, 1.82) is 0 Å². The fourth-order valence-corrected chi connectivity index (χ4v) is 0.875. The summed E-state index contributed by atoms with van der Waals surface area (Å²) >= 11 is 0. The van der Waals surface area contributed by atoms with Crippen molar-refractivity contribution in [1.82, 2.24) is 4.98 Å². The highest BCUT2D eigenvalue weighted by atomic mass is 19.4. The van der Waals surface area contributed by atoms with Crippen molar-refractivity contribution in [3.05, 3.63) is 33.5 Å². The van der Waals surface area contributed by atoms with Gasteiger partial charge >= 0.3 is 6.18 Å². The Morgan fingerprint density at radius 2 is 1.80 bits per heavy atom. The van der Waals surface area contributed by atoms with Crippen LogP contribution in [-0.4, -0.2) is 4.98 Å². The number of hydrogen-bond donors (Lipinski definition) is 1. The lowest BCUT2D eigenvalue weighted by molar-refractivity contribution is -0.141. The van der Waals surface area contributed by atoms with Gasteiger partial charge in [0.05, 0.1) is 5.56 Å². The van der Waals surface area contributed by atoms with Crippen LogP contribution in [0.4, 0.5) is 26.3 Å². The van der Waals surface area contributed by atoms with Gasteiger partial charge in [0.15, 0.2) is 5.82 Å². The molecule has 0 aliphatic rings. The maximum atomic E-state index is 12.6. The Balaban J connectivity index is 3.43. The lowest BCUT2D eigenvalue weighted by atomic mass is 10.2. The molecule has 0 aromatic carbocycles. The van der Waals surface area contributed by atoms with Crippen LogP contribution in [0.2, 0.25) is 0 Å². The fourth-order valence-electron chi connectivity index (χ4n) is 0.875. The van der Waals surface area contributed by atoms with Crippen LogP contribution in [0.25, 0.3) is 0 Å². The number of nitrogens with one attached hydrogen (secondary N) is 1. The molecular weight excluding hydrogens is 228 g/mol. The first kappa shape index (κ1) is 11.6. The molecule has 0 fully saturated rings. The molecule has 0 aliphatic carbocycles. The monoisotopic (exact) mass is 231 g/mol. The zero-order valence-corrected chi connectivity index (χ0v) is 6.83. The predicted octanol–water partition coefficient (Wildman–Crippen LogP) is 2.47. The minimum Gasteiger partial charge on any atom is -0.316 e. The van der Waals surface area contributed by atoms with E-state index in [0.29, 0.717) is 0 Å². The molecule has 0 aliphatic heterocycles. The smallest absolute Gasteiger partial charge is 0.316 e. The number of aromatic amines is 1. The molecule has 2 nitrogen and oxygen atoms in total. The Hall–Kier alpha value is -1.47. The van der Waals surface area contributed by atoms with E-state index in [1.807, 2.05) is 0 Å². The molecule has 0 unspecified atom stereocenters. The number of rotatable bonds is 1. The third-order valence-corrected chi connectivity index (χ3v) is 1.54. The molecule has 0 saturated heterocycles. The van der Waals surface area contributed by atoms with E-state index < -0.39 is 35.2 Å². The Morgan fingerprint density at radius 3 is 2.20 bits per heavy atom. The van der Waals surface area contributed by atoms with Crippen LogP contribution in [0.3, 0.4) is 0 Å². The Labute approximate surface area is 78.5 Å². The number of halogens is 6. The molecule has 0 amide bonds. The van der Waals surface area contributed by atoms with Crippen LogP contribution in [-0.2, 0) is 6.18 Å². The Kier molecular flexibility index (Phi) is 2.78. The molecule has 0 radical (unpaired) electrons. The van der Waals surface area contributed by atoms with Gasteiger partial charge in [-0.25, -0.2) is 13.2 Å². The molecule has 8 heteroatoms. The highest BCUT2D eigenvalue weighted by Gasteiger charge is 2.34. The summed E-state index contributed by atoms with van der Waals surface area (Å²) < 4.78 is 72.7. The SMILES string of the molecule is O=c1[nH]c(C(F)(F)F)cc(C(F)F)c1F. The van der Waals surface area contributed by atoms with E-state index in [4.69, 9.17) is 0 Å². The zero-order valence-electron chi connectivity index (χ0n) is 6.83. The van der Waals surface area contributed by atoms with Gasteiger partial charge in [0.2, 0.25) is 0 Å². The Morgan fingerprint density at radius 1 is 1.27 bits per heavy atom. The normalized spacial score (nSPS) is 12.2. The molecule has 0 spiro atoms. The van der Waals surface area contributed by atoms with Crippen molar-refractivity contribution in [3.63, 3.8) is 0 Å². The molecule has 0 atom stereocenters. The summed E-state index contributed by atoms with van der Waals surface area (Å²) in [4.78, 5) is 11.7. The molecule has 1 aromatic heterocycles. The lowest BCUT2D eigenvalue weighted by Gasteiger charge is -2.08. The maximum Gasteiger partial charge on any atom is 0.431 e. The number of alkyl halides is 5. The molecule has 0 bridgehead atoms. The number of hydrogen-bond acceptors (Lipinski definition) is 1. The summed E-state index contributed by atoms with van der Waals surface area (Å²) in [6.45, 7) is 0. The standard InChI is InChI=1S/C7H3F6NO/c8-4-2(5(9)10)1-3(7(11,12)13)14-6(4)15/h1,5H,(H,14,15). The van der Waals surface area contributed by atoms with E-state index in [0.717, 1.165) is 4.98 Å². The van der Waals surface area contributed by atoms with Gasteiger partial charge in [-0.3, -0.25) is 4.79 Å². The van der Waals surface area contributed by atoms with Crippen molar-refractivity contribution in [2.75, 3.05) is 0 Å². The number of H-pyrrole nitrogens is 1. The summed E-state index contributed by atoms with van der Waals surface area (Å²) in [6.07, 6.45) is -8.48. The quantitative estimate of drug-likeness (QED) is 0.740. The van der Waals surface area contributed by atoms with Gasteiger partial charge in [0.25, 0.3) is 12.0 Å². The van der Waals surface area contributed by atoms with E-state index in [2.05, 4.69) is 0 Å². The summed E-state index contributed by atoms with van der Waals surface area (Å²) in [7, 11) is 0. The highest BCUT2D eigenvalue weighted by molar-refractivity contribution is 5.21. The number of pyridine rings is 1. The molecule has 1 rings (SSSR count). The topological polar surface area (TPSA) is 32.9 Å². The predicted molar refractivity (Wildman–Crippen MR) is 37.0 cm³/mol. The second-order valence-corrected chi connectivity index (χ2v) is 2.58. The molecule has 1 N–H and O–H groups in total. The van der Waals surface area contributed by atoms with Crippen LogP contribution < -0.4 is 5.56 Å². The average Bonchev–Trinajstić information content (AvgIpc) is 2.06. The summed E-state index contributed by atoms with van der Waals surface area (Å²) in [5, 5.41) is 0. The fraction of sp³-hybridized carbons (Fsp3) is 0.286. The van der Waals surface area contributed by atoms with E-state index in [-0.39, 0.29) is 6.07 Å². The second kappa shape index (κ2) is 3.59. The van der Waals surface area contributed by atoms with Gasteiger partial charge in [0, 0.05) is 0 Å². The maximum absolute atomic E-state index is 12.6. The van der Waals surface area contributed by atoms with Crippen LogP contribution in [0.1, 0.15) is 17.7 Å². The van der Waals surface area contributed by atoms with Gasteiger partial charge < -0.3 is 4.98 Å². The van der Waals surface area contributed by atoms with Crippen molar-refractivity contribution in [3.8, 4) is 0 Å². The van der Waals surface area contributed by atoms with Crippen LogP contribution in [0.5, 0.6) is 0 Å². The van der Waals surface area contributed by atoms with E-state index in [1.165, 1.54) is 0 Å². The van der Waals surface area contributed by atoms with E-state index in [9.17, 15) is 31.1 Å². The molecular formula is C7H3F6NO. The van der Waals surface area contributed by atoms with Gasteiger partial charge in [0.1, 0.15) is 5.69 Å². The summed E-state index contributed by atoms with van der Waals surface area (Å²) in [6, 6.07) is -0.124. The zero-order chi connectivity index (χ0) is 11.8. The van der Waals surface area contributed by atoms with Gasteiger partial charge in [-0.15, -0.1) is 0 Å². The lowest BCUT2D eigenvalue weighted by Crippen LogP contribution is -2.21. The second-order valence-electron chi connectivity index (χ2n) is 2.58. The van der Waals surface area contributed by atoms with E-state index >= 15 is 0 Å². The van der Waals surface area contributed by atoms with Gasteiger partial charge in [-0.2, -0.15) is 13.2 Å². The molecule has 0 saturated carbocycles. The van der Waals surface area contributed by atoms with Gasteiger partial charge in [-0.1, -0.05) is 0 Å². The van der Waals surface area contributed by atoms with Crippen molar-refractivity contribution < 1.29 is 26.3 Å². The van der Waals surface area contributed by atoms with Crippen LogP contribution in [0, 0.1) is 5.82 Å². The van der Waals surface area contributed by atoms with Crippen molar-refractivity contribution >= 4 is 0 Å². The average molecular weight is 231 g/mol. The molecule has 84 valence electrons. The largest absolute Gasteiger partial charge is 0.431 e. The minimum absolute atomic E-state index is 0.124. The van der Waals surface area contributed by atoms with Crippen molar-refractivity contribution in [2.45, 2.75) is 12.6 Å². The first-order valence-corrected chi connectivity index (χ1v) is 3.51. The minimum atomic E-state index is -5.00. The van der Waals surface area contributed by atoms with Crippen molar-refractivity contribution in [2.24, 2.45) is 0 Å². The molecule has 1 heterocycles. The molecule has 1 aromatic rings. The molecule has 15 heavy (non-hydrogen) atoms. The first-order valence-electron chi connectivity index (χ1n) is 3.51. The van der Waals surface area contributed by atoms with Crippen LogP contribution in [0.15, 0.2) is 10.9 Å².